The Hall–Kier alpha value is -0.990. The Morgan fingerprint density at radius 2 is 1.92 bits per heavy atom. The summed E-state index contributed by atoms with van der Waals surface area (Å²) in [6.45, 7) is 5.40. The first-order chi connectivity index (χ1) is 5.49. The van der Waals surface area contributed by atoms with Gasteiger partial charge in [0.15, 0.2) is 0 Å². The van der Waals surface area contributed by atoms with E-state index in [1.807, 2.05) is 13.8 Å². The van der Waals surface area contributed by atoms with Crippen molar-refractivity contribution in [2.45, 2.75) is 33.6 Å². The molecule has 12 heavy (non-hydrogen) atoms. The van der Waals surface area contributed by atoms with Gasteiger partial charge in [0.25, 0.3) is 0 Å². The first-order valence-electron chi connectivity index (χ1n) is 4.11. The molecule has 3 nitrogen and oxygen atoms in total. The third-order valence-electron chi connectivity index (χ3n) is 1.99. The zero-order valence-corrected chi connectivity index (χ0v) is 7.79. The first-order valence-corrected chi connectivity index (χ1v) is 4.11. The molecule has 0 aliphatic heterocycles. The van der Waals surface area contributed by atoms with Gasteiger partial charge in [-0.05, 0) is 12.8 Å². The van der Waals surface area contributed by atoms with Crippen molar-refractivity contribution < 1.29 is 15.0 Å². The highest BCUT2D eigenvalue weighted by atomic mass is 16.4. The van der Waals surface area contributed by atoms with Crippen LogP contribution >= 0.6 is 0 Å². The van der Waals surface area contributed by atoms with E-state index < -0.39 is 5.97 Å². The second kappa shape index (κ2) is 4.80. The van der Waals surface area contributed by atoms with Gasteiger partial charge in [-0.15, -0.1) is 0 Å². The second-order valence-corrected chi connectivity index (χ2v) is 3.09. The number of aliphatic carboxylic acids is 1. The predicted octanol–water partition coefficient (Wildman–Crippen LogP) is 2.34. The molecule has 0 saturated heterocycles. The topological polar surface area (TPSA) is 57.5 Å². The molecule has 0 amide bonds. The van der Waals surface area contributed by atoms with E-state index in [-0.39, 0.29) is 11.3 Å². The van der Waals surface area contributed by atoms with Crippen LogP contribution in [0.2, 0.25) is 0 Å². The summed E-state index contributed by atoms with van der Waals surface area (Å²) in [5.41, 5.74) is 0.0512. The minimum atomic E-state index is -1.05. The van der Waals surface area contributed by atoms with E-state index in [0.29, 0.717) is 12.3 Å². The van der Waals surface area contributed by atoms with Crippen molar-refractivity contribution >= 4 is 5.97 Å². The maximum absolute atomic E-state index is 10.4. The summed E-state index contributed by atoms with van der Waals surface area (Å²) < 4.78 is 0. The van der Waals surface area contributed by atoms with Crippen LogP contribution in [0.25, 0.3) is 0 Å². The molecule has 0 bridgehead atoms. The molecule has 0 aromatic carbocycles. The van der Waals surface area contributed by atoms with Gasteiger partial charge in [0.2, 0.25) is 0 Å². The normalized spacial score (nSPS) is 15.2. The van der Waals surface area contributed by atoms with Crippen LogP contribution in [0.15, 0.2) is 11.3 Å². The number of rotatable bonds is 4. The highest BCUT2D eigenvalue weighted by molar-refractivity contribution is 5.86. The summed E-state index contributed by atoms with van der Waals surface area (Å²) in [6, 6.07) is 0. The van der Waals surface area contributed by atoms with Crippen molar-refractivity contribution in [1.29, 1.82) is 0 Å². The van der Waals surface area contributed by atoms with Gasteiger partial charge in [0.1, 0.15) is 5.76 Å². The lowest BCUT2D eigenvalue weighted by molar-refractivity contribution is -0.132. The van der Waals surface area contributed by atoms with Gasteiger partial charge in [-0.2, -0.15) is 0 Å². The van der Waals surface area contributed by atoms with Crippen LogP contribution < -0.4 is 0 Å². The van der Waals surface area contributed by atoms with Crippen LogP contribution in [0.4, 0.5) is 0 Å². The molecular weight excluding hydrogens is 156 g/mol. The molecule has 0 rings (SSSR count). The zero-order valence-electron chi connectivity index (χ0n) is 7.79. The summed E-state index contributed by atoms with van der Waals surface area (Å²) in [5.74, 6) is -0.716. The molecule has 1 unspecified atom stereocenters. The predicted molar refractivity (Wildman–Crippen MR) is 47.0 cm³/mol. The van der Waals surface area contributed by atoms with Crippen LogP contribution in [0, 0.1) is 5.92 Å². The van der Waals surface area contributed by atoms with E-state index in [1.54, 1.807) is 0 Å². The largest absolute Gasteiger partial charge is 0.512 e. The Morgan fingerprint density at radius 3 is 2.25 bits per heavy atom. The molecule has 0 radical (unpaired) electrons. The lowest BCUT2D eigenvalue weighted by Gasteiger charge is -2.08. The molecule has 1 atom stereocenters. The summed E-state index contributed by atoms with van der Waals surface area (Å²) in [4.78, 5) is 10.4. The first kappa shape index (κ1) is 11.0. The summed E-state index contributed by atoms with van der Waals surface area (Å²) in [6.07, 6.45) is 1.39. The molecule has 70 valence electrons. The van der Waals surface area contributed by atoms with E-state index in [9.17, 15) is 9.90 Å². The van der Waals surface area contributed by atoms with E-state index in [4.69, 9.17) is 5.11 Å². The standard InChI is InChI=1S/C9H16O3/c1-4-6(2)5-8(10)7(3)9(11)12/h6,10H,4-5H2,1-3H3,(H,11,12). The maximum Gasteiger partial charge on any atom is 0.334 e. The quantitative estimate of drug-likeness (QED) is 0.505. The van der Waals surface area contributed by atoms with Gasteiger partial charge in [-0.25, -0.2) is 4.79 Å². The minimum absolute atomic E-state index is 0.00292. The molecule has 0 spiro atoms. The third kappa shape index (κ3) is 3.42. The van der Waals surface area contributed by atoms with E-state index in [1.165, 1.54) is 6.92 Å². The number of carbonyl (C=O) groups is 1. The third-order valence-corrected chi connectivity index (χ3v) is 1.99. The molecule has 0 heterocycles. The number of carboxylic acids is 1. The van der Waals surface area contributed by atoms with Crippen LogP contribution in [-0.2, 0) is 4.79 Å². The fourth-order valence-corrected chi connectivity index (χ4v) is 0.751. The zero-order chi connectivity index (χ0) is 9.72. The Bertz CT molecular complexity index is 194. The maximum atomic E-state index is 10.4. The highest BCUT2D eigenvalue weighted by Gasteiger charge is 2.10. The molecule has 0 aromatic heterocycles. The highest BCUT2D eigenvalue weighted by Crippen LogP contribution is 2.15. The smallest absolute Gasteiger partial charge is 0.334 e. The number of allylic oxidation sites excluding steroid dienone is 1. The molecule has 3 heteroatoms. The van der Waals surface area contributed by atoms with E-state index in [2.05, 4.69) is 0 Å². The van der Waals surface area contributed by atoms with Gasteiger partial charge in [0, 0.05) is 6.42 Å². The van der Waals surface area contributed by atoms with Gasteiger partial charge >= 0.3 is 5.97 Å². The van der Waals surface area contributed by atoms with Gasteiger partial charge in [-0.1, -0.05) is 20.3 Å². The molecule has 0 fully saturated rings. The number of hydrogen-bond donors (Lipinski definition) is 2. The molecule has 0 saturated carbocycles. The molecule has 2 N–H and O–H groups in total. The van der Waals surface area contributed by atoms with Crippen LogP contribution in [0.3, 0.4) is 0 Å². The van der Waals surface area contributed by atoms with Gasteiger partial charge in [0.05, 0.1) is 5.57 Å². The average Bonchev–Trinajstić information content (AvgIpc) is 2.02. The lowest BCUT2D eigenvalue weighted by Crippen LogP contribution is -2.04. The van der Waals surface area contributed by atoms with Gasteiger partial charge < -0.3 is 10.2 Å². The van der Waals surface area contributed by atoms with Crippen LogP contribution in [0.1, 0.15) is 33.6 Å². The Kier molecular flexibility index (Phi) is 4.40. The number of carboxylic acid groups (broad SMARTS) is 1. The average molecular weight is 172 g/mol. The monoisotopic (exact) mass is 172 g/mol. The Balaban J connectivity index is 4.26. The minimum Gasteiger partial charge on any atom is -0.512 e. The van der Waals surface area contributed by atoms with Crippen molar-refractivity contribution in [3.63, 3.8) is 0 Å². The molecule has 0 aliphatic rings. The SMILES string of the molecule is CCC(C)CC(O)=C(C)C(=O)O. The second-order valence-electron chi connectivity index (χ2n) is 3.09. The molecule has 0 aliphatic carbocycles. The van der Waals surface area contributed by atoms with Crippen LogP contribution in [0.5, 0.6) is 0 Å². The van der Waals surface area contributed by atoms with Crippen molar-refractivity contribution in [1.82, 2.24) is 0 Å². The number of aliphatic hydroxyl groups excluding tert-OH is 1. The lowest BCUT2D eigenvalue weighted by atomic mass is 10.0. The van der Waals surface area contributed by atoms with Crippen molar-refractivity contribution in [2.75, 3.05) is 0 Å². The fourth-order valence-electron chi connectivity index (χ4n) is 0.751. The van der Waals surface area contributed by atoms with E-state index in [0.717, 1.165) is 6.42 Å². The van der Waals surface area contributed by atoms with E-state index >= 15 is 0 Å². The summed E-state index contributed by atoms with van der Waals surface area (Å²) in [7, 11) is 0. The van der Waals surface area contributed by atoms with Gasteiger partial charge in [-0.3, -0.25) is 0 Å². The van der Waals surface area contributed by atoms with Crippen molar-refractivity contribution in [2.24, 2.45) is 5.92 Å². The number of hydrogen-bond acceptors (Lipinski definition) is 2. The summed E-state index contributed by atoms with van der Waals surface area (Å²) in [5, 5.41) is 17.8. The van der Waals surface area contributed by atoms with Crippen molar-refractivity contribution in [3.8, 4) is 0 Å². The fraction of sp³-hybridized carbons (Fsp3) is 0.667. The summed E-state index contributed by atoms with van der Waals surface area (Å²) >= 11 is 0. The van der Waals surface area contributed by atoms with Crippen LogP contribution in [-0.4, -0.2) is 16.2 Å². The van der Waals surface area contributed by atoms with Crippen molar-refractivity contribution in [3.05, 3.63) is 11.3 Å². The number of aliphatic hydroxyl groups is 1. The Morgan fingerprint density at radius 1 is 1.42 bits per heavy atom. The molecule has 0 aromatic rings. The Labute approximate surface area is 72.7 Å². The molecular formula is C9H16O3.